The minimum absolute atomic E-state index is 0.113. The van der Waals surface area contributed by atoms with Crippen LogP contribution in [0.2, 0.25) is 0 Å². The van der Waals surface area contributed by atoms with Crippen LogP contribution in [0.5, 0.6) is 0 Å². The first-order valence-corrected chi connectivity index (χ1v) is 7.48. The van der Waals surface area contributed by atoms with Crippen molar-refractivity contribution in [3.63, 3.8) is 0 Å². The van der Waals surface area contributed by atoms with Crippen molar-refractivity contribution in [3.05, 3.63) is 29.6 Å². The zero-order valence-corrected chi connectivity index (χ0v) is 12.3. The lowest BCUT2D eigenvalue weighted by atomic mass is 9.79. The SMILES string of the molecule is Cc1ccc(NC(=O)N2CCCC3(CCOC3)C2)c(F)c1. The number of ether oxygens (including phenoxy) is 1. The summed E-state index contributed by atoms with van der Waals surface area (Å²) in [7, 11) is 0. The molecule has 0 aliphatic carbocycles. The number of urea groups is 1. The zero-order chi connectivity index (χ0) is 14.9. The molecule has 5 heteroatoms. The second kappa shape index (κ2) is 5.64. The third kappa shape index (κ3) is 3.02. The van der Waals surface area contributed by atoms with Gasteiger partial charge in [0.25, 0.3) is 0 Å². The molecule has 1 aromatic carbocycles. The van der Waals surface area contributed by atoms with Crippen molar-refractivity contribution < 1.29 is 13.9 Å². The minimum atomic E-state index is -0.390. The average molecular weight is 292 g/mol. The second-order valence-electron chi connectivity index (χ2n) is 6.24. The third-order valence-electron chi connectivity index (χ3n) is 4.50. The maximum atomic E-state index is 13.8. The predicted octanol–water partition coefficient (Wildman–Crippen LogP) is 3.17. The molecule has 0 radical (unpaired) electrons. The molecule has 2 aliphatic heterocycles. The molecule has 3 rings (SSSR count). The number of hydrogen-bond donors (Lipinski definition) is 1. The number of hydrogen-bond acceptors (Lipinski definition) is 2. The van der Waals surface area contributed by atoms with Gasteiger partial charge in [0.15, 0.2) is 0 Å². The van der Waals surface area contributed by atoms with Gasteiger partial charge in [0.05, 0.1) is 12.3 Å². The van der Waals surface area contributed by atoms with E-state index in [0.717, 1.165) is 44.6 Å². The zero-order valence-electron chi connectivity index (χ0n) is 12.3. The van der Waals surface area contributed by atoms with Gasteiger partial charge in [-0.2, -0.15) is 0 Å². The van der Waals surface area contributed by atoms with Gasteiger partial charge >= 0.3 is 6.03 Å². The van der Waals surface area contributed by atoms with Gasteiger partial charge in [-0.15, -0.1) is 0 Å². The normalized spacial score (nSPS) is 25.3. The summed E-state index contributed by atoms with van der Waals surface area (Å²) in [6.45, 7) is 4.76. The fourth-order valence-electron chi connectivity index (χ4n) is 3.27. The molecule has 0 bridgehead atoms. The lowest BCUT2D eigenvalue weighted by Gasteiger charge is -2.39. The summed E-state index contributed by atoms with van der Waals surface area (Å²) in [6, 6.07) is 4.61. The number of likely N-dealkylation sites (tertiary alicyclic amines) is 1. The number of nitrogens with one attached hydrogen (secondary N) is 1. The molecular formula is C16H21FN2O2. The van der Waals surface area contributed by atoms with Gasteiger partial charge in [-0.25, -0.2) is 9.18 Å². The number of amides is 2. The first-order valence-electron chi connectivity index (χ1n) is 7.48. The monoisotopic (exact) mass is 292 g/mol. The number of anilines is 1. The van der Waals surface area contributed by atoms with Gasteiger partial charge in [0, 0.05) is 25.1 Å². The van der Waals surface area contributed by atoms with Crippen LogP contribution in [0.25, 0.3) is 0 Å². The van der Waals surface area contributed by atoms with E-state index < -0.39 is 0 Å². The highest BCUT2D eigenvalue weighted by Crippen LogP contribution is 2.37. The smallest absolute Gasteiger partial charge is 0.321 e. The molecule has 2 fully saturated rings. The van der Waals surface area contributed by atoms with Gasteiger partial charge in [-0.3, -0.25) is 0 Å². The Kier molecular flexibility index (Phi) is 3.85. The standard InChI is InChI=1S/C16H21FN2O2/c1-12-3-4-14(13(17)9-12)18-15(20)19-7-2-5-16(10-19)6-8-21-11-16/h3-4,9H,2,5-8,10-11H2,1H3,(H,18,20). The molecule has 2 amide bonds. The van der Waals surface area contributed by atoms with E-state index >= 15 is 0 Å². The van der Waals surface area contributed by atoms with E-state index in [9.17, 15) is 9.18 Å². The number of carbonyl (C=O) groups excluding carboxylic acids is 1. The first-order chi connectivity index (χ1) is 10.1. The van der Waals surface area contributed by atoms with Crippen LogP contribution in [-0.4, -0.2) is 37.2 Å². The molecule has 2 aliphatic rings. The third-order valence-corrected chi connectivity index (χ3v) is 4.50. The van der Waals surface area contributed by atoms with Crippen molar-refractivity contribution in [1.82, 2.24) is 4.90 Å². The number of rotatable bonds is 1. The number of aryl methyl sites for hydroxylation is 1. The molecule has 4 nitrogen and oxygen atoms in total. The van der Waals surface area contributed by atoms with Crippen LogP contribution >= 0.6 is 0 Å². The second-order valence-corrected chi connectivity index (χ2v) is 6.24. The molecular weight excluding hydrogens is 271 g/mol. The highest BCUT2D eigenvalue weighted by molar-refractivity contribution is 5.89. The first kappa shape index (κ1) is 14.3. The number of carbonyl (C=O) groups is 1. The maximum absolute atomic E-state index is 13.8. The minimum Gasteiger partial charge on any atom is -0.381 e. The molecule has 21 heavy (non-hydrogen) atoms. The predicted molar refractivity (Wildman–Crippen MR) is 78.8 cm³/mol. The number of halogens is 1. The Bertz CT molecular complexity index is 541. The highest BCUT2D eigenvalue weighted by atomic mass is 19.1. The molecule has 0 saturated carbocycles. The van der Waals surface area contributed by atoms with Gasteiger partial charge in [0.1, 0.15) is 5.82 Å². The van der Waals surface area contributed by atoms with Crippen LogP contribution in [0.15, 0.2) is 18.2 Å². The number of piperidine rings is 1. The van der Waals surface area contributed by atoms with Gasteiger partial charge < -0.3 is 15.0 Å². The van der Waals surface area contributed by atoms with Crippen LogP contribution in [0.1, 0.15) is 24.8 Å². The Morgan fingerprint density at radius 1 is 1.43 bits per heavy atom. The lowest BCUT2D eigenvalue weighted by molar-refractivity contribution is 0.0867. The van der Waals surface area contributed by atoms with Crippen molar-refractivity contribution in [2.75, 3.05) is 31.6 Å². The van der Waals surface area contributed by atoms with Crippen molar-refractivity contribution in [2.45, 2.75) is 26.2 Å². The van der Waals surface area contributed by atoms with Crippen molar-refractivity contribution in [3.8, 4) is 0 Å². The summed E-state index contributed by atoms with van der Waals surface area (Å²) in [5.41, 5.74) is 1.19. The largest absolute Gasteiger partial charge is 0.381 e. The molecule has 1 N–H and O–H groups in total. The molecule has 1 spiro atoms. The van der Waals surface area contributed by atoms with E-state index in [1.165, 1.54) is 6.07 Å². The fourth-order valence-corrected chi connectivity index (χ4v) is 3.27. The Hall–Kier alpha value is -1.62. The summed E-state index contributed by atoms with van der Waals surface area (Å²) in [6.07, 6.45) is 3.10. The Balaban J connectivity index is 1.67. The molecule has 0 aromatic heterocycles. The van der Waals surface area contributed by atoms with Gasteiger partial charge in [0.2, 0.25) is 0 Å². The maximum Gasteiger partial charge on any atom is 0.321 e. The van der Waals surface area contributed by atoms with Crippen LogP contribution in [0.3, 0.4) is 0 Å². The van der Waals surface area contributed by atoms with Crippen LogP contribution in [0.4, 0.5) is 14.9 Å². The number of benzene rings is 1. The van der Waals surface area contributed by atoms with Crippen LogP contribution in [0, 0.1) is 18.2 Å². The molecule has 114 valence electrons. The highest BCUT2D eigenvalue weighted by Gasteiger charge is 2.40. The van der Waals surface area contributed by atoms with Crippen LogP contribution < -0.4 is 5.32 Å². The molecule has 1 unspecified atom stereocenters. The Labute approximate surface area is 124 Å². The van der Waals surface area contributed by atoms with Gasteiger partial charge in [-0.1, -0.05) is 6.07 Å². The summed E-state index contributed by atoms with van der Waals surface area (Å²) < 4.78 is 19.3. The summed E-state index contributed by atoms with van der Waals surface area (Å²) in [4.78, 5) is 14.1. The Morgan fingerprint density at radius 2 is 2.29 bits per heavy atom. The lowest BCUT2D eigenvalue weighted by Crippen LogP contribution is -2.48. The van der Waals surface area contributed by atoms with Crippen molar-refractivity contribution in [2.24, 2.45) is 5.41 Å². The summed E-state index contributed by atoms with van der Waals surface area (Å²) in [5.74, 6) is -0.390. The molecule has 1 aromatic rings. The summed E-state index contributed by atoms with van der Waals surface area (Å²) in [5, 5.41) is 2.68. The molecule has 2 saturated heterocycles. The van der Waals surface area contributed by atoms with E-state index in [2.05, 4.69) is 5.32 Å². The molecule has 2 heterocycles. The van der Waals surface area contributed by atoms with E-state index in [4.69, 9.17) is 4.74 Å². The Morgan fingerprint density at radius 3 is 3.00 bits per heavy atom. The molecule has 1 atom stereocenters. The summed E-state index contributed by atoms with van der Waals surface area (Å²) >= 11 is 0. The fraction of sp³-hybridized carbons (Fsp3) is 0.562. The quantitative estimate of drug-likeness (QED) is 0.864. The average Bonchev–Trinajstić information content (AvgIpc) is 2.90. The van der Waals surface area contributed by atoms with Crippen LogP contribution in [-0.2, 0) is 4.74 Å². The van der Waals surface area contributed by atoms with E-state index in [-0.39, 0.29) is 23.0 Å². The van der Waals surface area contributed by atoms with E-state index in [1.54, 1.807) is 17.0 Å². The van der Waals surface area contributed by atoms with Crippen molar-refractivity contribution in [1.29, 1.82) is 0 Å². The van der Waals surface area contributed by atoms with E-state index in [1.807, 2.05) is 6.92 Å². The number of nitrogens with zero attached hydrogens (tertiary/aromatic N) is 1. The van der Waals surface area contributed by atoms with E-state index in [0.29, 0.717) is 6.54 Å². The van der Waals surface area contributed by atoms with Gasteiger partial charge in [-0.05, 0) is 43.9 Å². The topological polar surface area (TPSA) is 41.6 Å². The van der Waals surface area contributed by atoms with Crippen molar-refractivity contribution >= 4 is 11.7 Å².